The van der Waals surface area contributed by atoms with Crippen molar-refractivity contribution in [3.05, 3.63) is 40.5 Å². The summed E-state index contributed by atoms with van der Waals surface area (Å²) in [6.07, 6.45) is 2.62. The summed E-state index contributed by atoms with van der Waals surface area (Å²) in [5, 5.41) is 5.48. The summed E-state index contributed by atoms with van der Waals surface area (Å²) < 4.78 is 0. The Labute approximate surface area is 99.6 Å². The summed E-state index contributed by atoms with van der Waals surface area (Å²) in [5.41, 5.74) is 0.987. The third kappa shape index (κ3) is 3.03. The molecule has 1 unspecified atom stereocenters. The zero-order chi connectivity index (χ0) is 11.4. The highest BCUT2D eigenvalue weighted by Gasteiger charge is 2.05. The minimum Gasteiger partial charge on any atom is -0.367 e. The average Bonchev–Trinajstić information content (AvgIpc) is 2.70. The molecule has 0 aliphatic heterocycles. The molecule has 1 atom stereocenters. The van der Waals surface area contributed by atoms with E-state index in [1.54, 1.807) is 17.7 Å². The van der Waals surface area contributed by atoms with E-state index in [2.05, 4.69) is 39.7 Å². The third-order valence-corrected chi connectivity index (χ3v) is 3.18. The van der Waals surface area contributed by atoms with Crippen molar-refractivity contribution in [1.29, 1.82) is 0 Å². The van der Waals surface area contributed by atoms with E-state index in [0.29, 0.717) is 6.04 Å². The molecule has 3 nitrogen and oxygen atoms in total. The van der Waals surface area contributed by atoms with Crippen molar-refractivity contribution in [1.82, 2.24) is 9.97 Å². The second-order valence-electron chi connectivity index (χ2n) is 3.87. The third-order valence-electron chi connectivity index (χ3n) is 2.29. The molecule has 0 radical (unpaired) electrons. The molecular weight excluding hydrogens is 218 g/mol. The first-order chi connectivity index (χ1) is 7.74. The molecule has 16 heavy (non-hydrogen) atoms. The minimum absolute atomic E-state index is 0.382. The number of hydrogen-bond acceptors (Lipinski definition) is 4. The molecule has 2 aromatic rings. The molecule has 0 aromatic carbocycles. The second-order valence-corrected chi connectivity index (χ2v) is 4.91. The van der Waals surface area contributed by atoms with Crippen LogP contribution in [0.1, 0.15) is 17.5 Å². The van der Waals surface area contributed by atoms with Gasteiger partial charge < -0.3 is 5.32 Å². The van der Waals surface area contributed by atoms with Gasteiger partial charge in [-0.2, -0.15) is 0 Å². The van der Waals surface area contributed by atoms with E-state index >= 15 is 0 Å². The minimum atomic E-state index is 0.382. The summed E-state index contributed by atoms with van der Waals surface area (Å²) in [4.78, 5) is 9.66. The van der Waals surface area contributed by atoms with Crippen LogP contribution in [0.4, 0.5) is 5.82 Å². The van der Waals surface area contributed by atoms with Gasteiger partial charge in [-0.25, -0.2) is 9.97 Å². The Hall–Kier alpha value is -1.42. The van der Waals surface area contributed by atoms with Crippen LogP contribution in [0.25, 0.3) is 0 Å². The number of rotatable bonds is 4. The monoisotopic (exact) mass is 233 g/mol. The van der Waals surface area contributed by atoms with Gasteiger partial charge in [0.1, 0.15) is 12.1 Å². The van der Waals surface area contributed by atoms with Crippen LogP contribution in [0.2, 0.25) is 0 Å². The lowest BCUT2D eigenvalue weighted by Crippen LogP contribution is -2.18. The topological polar surface area (TPSA) is 37.8 Å². The highest BCUT2D eigenvalue weighted by molar-refractivity contribution is 7.09. The molecular formula is C12H15N3S. The molecule has 0 saturated heterocycles. The van der Waals surface area contributed by atoms with Crippen LogP contribution in [0, 0.1) is 6.92 Å². The zero-order valence-corrected chi connectivity index (χ0v) is 10.3. The van der Waals surface area contributed by atoms with Gasteiger partial charge in [0.25, 0.3) is 0 Å². The normalized spacial score (nSPS) is 12.4. The summed E-state index contributed by atoms with van der Waals surface area (Å²) in [6, 6.07) is 6.59. The first-order valence-corrected chi connectivity index (χ1v) is 6.19. The predicted octanol–water partition coefficient (Wildman–Crippen LogP) is 2.89. The van der Waals surface area contributed by atoms with E-state index in [1.165, 1.54) is 4.88 Å². The Morgan fingerprint density at radius 2 is 2.31 bits per heavy atom. The van der Waals surface area contributed by atoms with E-state index < -0.39 is 0 Å². The molecule has 0 aliphatic rings. The van der Waals surface area contributed by atoms with Crippen LogP contribution >= 0.6 is 11.3 Å². The molecule has 2 aromatic heterocycles. The van der Waals surface area contributed by atoms with E-state index in [-0.39, 0.29) is 0 Å². The van der Waals surface area contributed by atoms with Crippen LogP contribution in [-0.4, -0.2) is 16.0 Å². The van der Waals surface area contributed by atoms with Crippen molar-refractivity contribution >= 4 is 17.2 Å². The SMILES string of the molecule is Cc1cc(NC(C)Cc2cccs2)ncn1. The number of aromatic nitrogens is 2. The molecule has 0 amide bonds. The van der Waals surface area contributed by atoms with Gasteiger partial charge in [-0.15, -0.1) is 11.3 Å². The number of nitrogens with one attached hydrogen (secondary N) is 1. The van der Waals surface area contributed by atoms with Crippen molar-refractivity contribution < 1.29 is 0 Å². The fraction of sp³-hybridized carbons (Fsp3) is 0.333. The lowest BCUT2D eigenvalue weighted by Gasteiger charge is -2.13. The standard InChI is InChI=1S/C12H15N3S/c1-9-7-12(14-8-13-9)15-10(2)6-11-4-3-5-16-11/h3-5,7-8,10H,6H2,1-2H3,(H,13,14,15). The van der Waals surface area contributed by atoms with Crippen molar-refractivity contribution in [3.8, 4) is 0 Å². The van der Waals surface area contributed by atoms with Crippen molar-refractivity contribution in [2.45, 2.75) is 26.3 Å². The molecule has 2 rings (SSSR count). The van der Waals surface area contributed by atoms with Crippen LogP contribution in [0.3, 0.4) is 0 Å². The highest BCUT2D eigenvalue weighted by atomic mass is 32.1. The van der Waals surface area contributed by atoms with E-state index in [0.717, 1.165) is 17.9 Å². The largest absolute Gasteiger partial charge is 0.367 e. The average molecular weight is 233 g/mol. The molecule has 0 bridgehead atoms. The number of aryl methyl sites for hydroxylation is 1. The van der Waals surface area contributed by atoms with Gasteiger partial charge in [-0.1, -0.05) is 6.07 Å². The number of hydrogen-bond donors (Lipinski definition) is 1. The van der Waals surface area contributed by atoms with Crippen LogP contribution in [0.15, 0.2) is 29.9 Å². The van der Waals surface area contributed by atoms with Gasteiger partial charge in [0.15, 0.2) is 0 Å². The summed E-state index contributed by atoms with van der Waals surface area (Å²) in [5.74, 6) is 0.900. The molecule has 0 saturated carbocycles. The molecule has 84 valence electrons. The Morgan fingerprint density at radius 1 is 1.44 bits per heavy atom. The Morgan fingerprint density at radius 3 is 3.00 bits per heavy atom. The number of thiophene rings is 1. The fourth-order valence-electron chi connectivity index (χ4n) is 1.57. The highest BCUT2D eigenvalue weighted by Crippen LogP contribution is 2.13. The summed E-state index contributed by atoms with van der Waals surface area (Å²) >= 11 is 1.79. The molecule has 4 heteroatoms. The van der Waals surface area contributed by atoms with Gasteiger partial charge >= 0.3 is 0 Å². The maximum absolute atomic E-state index is 4.19. The molecule has 0 aliphatic carbocycles. The predicted molar refractivity (Wildman–Crippen MR) is 67.9 cm³/mol. The van der Waals surface area contributed by atoms with Crippen LogP contribution in [-0.2, 0) is 6.42 Å². The van der Waals surface area contributed by atoms with E-state index in [4.69, 9.17) is 0 Å². The molecule has 0 fully saturated rings. The smallest absolute Gasteiger partial charge is 0.129 e. The first kappa shape index (κ1) is 11.1. The maximum atomic E-state index is 4.19. The van der Waals surface area contributed by atoms with Crippen LogP contribution < -0.4 is 5.32 Å². The van der Waals surface area contributed by atoms with Gasteiger partial charge in [0, 0.05) is 29.1 Å². The van der Waals surface area contributed by atoms with Crippen molar-refractivity contribution in [3.63, 3.8) is 0 Å². The Balaban J connectivity index is 1.94. The van der Waals surface area contributed by atoms with E-state index in [1.807, 2.05) is 13.0 Å². The summed E-state index contributed by atoms with van der Waals surface area (Å²) in [7, 11) is 0. The number of nitrogens with zero attached hydrogens (tertiary/aromatic N) is 2. The van der Waals surface area contributed by atoms with Gasteiger partial charge in [-0.3, -0.25) is 0 Å². The second kappa shape index (κ2) is 5.07. The molecule has 0 spiro atoms. The van der Waals surface area contributed by atoms with Crippen molar-refractivity contribution in [2.75, 3.05) is 5.32 Å². The van der Waals surface area contributed by atoms with Gasteiger partial charge in [0.2, 0.25) is 0 Å². The lowest BCUT2D eigenvalue weighted by molar-refractivity contribution is 0.792. The summed E-state index contributed by atoms with van der Waals surface area (Å²) in [6.45, 7) is 4.13. The van der Waals surface area contributed by atoms with Crippen molar-refractivity contribution in [2.24, 2.45) is 0 Å². The zero-order valence-electron chi connectivity index (χ0n) is 9.47. The fourth-order valence-corrected chi connectivity index (χ4v) is 2.40. The molecule has 2 heterocycles. The van der Waals surface area contributed by atoms with Crippen LogP contribution in [0.5, 0.6) is 0 Å². The maximum Gasteiger partial charge on any atom is 0.129 e. The van der Waals surface area contributed by atoms with E-state index in [9.17, 15) is 0 Å². The Bertz CT molecular complexity index is 439. The number of anilines is 1. The quantitative estimate of drug-likeness (QED) is 0.882. The Kier molecular flexibility index (Phi) is 3.51. The molecule has 1 N–H and O–H groups in total. The van der Waals surface area contributed by atoms with Gasteiger partial charge in [-0.05, 0) is 25.3 Å². The van der Waals surface area contributed by atoms with Gasteiger partial charge in [0.05, 0.1) is 0 Å². The first-order valence-electron chi connectivity index (χ1n) is 5.31. The lowest BCUT2D eigenvalue weighted by atomic mass is 10.2.